The smallest absolute Gasteiger partial charge is 0.0697 e. The van der Waals surface area contributed by atoms with Crippen molar-refractivity contribution in [3.8, 4) is 0 Å². The molecule has 0 aromatic heterocycles. The number of halogens is 1. The van der Waals surface area contributed by atoms with Gasteiger partial charge in [0.2, 0.25) is 0 Å². The van der Waals surface area contributed by atoms with Crippen molar-refractivity contribution in [2.75, 3.05) is 26.4 Å². The summed E-state index contributed by atoms with van der Waals surface area (Å²) in [5.41, 5.74) is 1.19. The Morgan fingerprint density at radius 3 is 2.94 bits per heavy atom. The van der Waals surface area contributed by atoms with E-state index in [0.29, 0.717) is 13.2 Å². The van der Waals surface area contributed by atoms with Crippen molar-refractivity contribution in [2.45, 2.75) is 19.4 Å². The standard InChI is InChI=1S/C13H20ClNO2/c1-11(12-4-2-5-13(14)10-12)15-6-3-8-17-9-7-16/h2,4-5,10-11,15-16H,3,6-9H2,1H3. The Morgan fingerprint density at radius 2 is 2.24 bits per heavy atom. The highest BCUT2D eigenvalue weighted by Crippen LogP contribution is 2.16. The zero-order chi connectivity index (χ0) is 12.5. The minimum absolute atomic E-state index is 0.0896. The molecule has 4 heteroatoms. The molecule has 17 heavy (non-hydrogen) atoms. The van der Waals surface area contributed by atoms with Crippen molar-refractivity contribution >= 4 is 11.6 Å². The number of benzene rings is 1. The van der Waals surface area contributed by atoms with Gasteiger partial charge in [0.25, 0.3) is 0 Å². The van der Waals surface area contributed by atoms with Crippen LogP contribution in [0.25, 0.3) is 0 Å². The zero-order valence-electron chi connectivity index (χ0n) is 10.2. The quantitative estimate of drug-likeness (QED) is 0.703. The van der Waals surface area contributed by atoms with Gasteiger partial charge in [0.05, 0.1) is 13.2 Å². The Morgan fingerprint density at radius 1 is 1.41 bits per heavy atom. The van der Waals surface area contributed by atoms with Crippen LogP contribution in [0.2, 0.25) is 5.02 Å². The van der Waals surface area contributed by atoms with Crippen LogP contribution < -0.4 is 5.32 Å². The van der Waals surface area contributed by atoms with Gasteiger partial charge < -0.3 is 15.2 Å². The molecule has 0 amide bonds. The summed E-state index contributed by atoms with van der Waals surface area (Å²) in [5.74, 6) is 0. The first-order chi connectivity index (χ1) is 8.24. The molecule has 1 rings (SSSR count). The molecule has 1 atom stereocenters. The summed E-state index contributed by atoms with van der Waals surface area (Å²) in [4.78, 5) is 0. The first kappa shape index (κ1) is 14.5. The van der Waals surface area contributed by atoms with Gasteiger partial charge in [0.1, 0.15) is 0 Å². The van der Waals surface area contributed by atoms with Crippen LogP contribution in [-0.4, -0.2) is 31.5 Å². The first-order valence-electron chi connectivity index (χ1n) is 5.91. The average molecular weight is 258 g/mol. The average Bonchev–Trinajstić information content (AvgIpc) is 2.33. The fourth-order valence-electron chi connectivity index (χ4n) is 1.55. The lowest BCUT2D eigenvalue weighted by molar-refractivity contribution is 0.0904. The number of hydrogen-bond donors (Lipinski definition) is 2. The van der Waals surface area contributed by atoms with Gasteiger partial charge in [-0.05, 0) is 37.6 Å². The van der Waals surface area contributed by atoms with Crippen LogP contribution in [0, 0.1) is 0 Å². The molecule has 1 aromatic carbocycles. The SMILES string of the molecule is CC(NCCCOCCO)c1cccc(Cl)c1. The van der Waals surface area contributed by atoms with Crippen molar-refractivity contribution in [3.05, 3.63) is 34.9 Å². The van der Waals surface area contributed by atoms with E-state index in [1.54, 1.807) is 0 Å². The predicted molar refractivity (Wildman–Crippen MR) is 70.4 cm³/mol. The monoisotopic (exact) mass is 257 g/mol. The topological polar surface area (TPSA) is 41.5 Å². The third-order valence-electron chi connectivity index (χ3n) is 2.50. The van der Waals surface area contributed by atoms with Crippen LogP contribution >= 0.6 is 11.6 Å². The van der Waals surface area contributed by atoms with E-state index >= 15 is 0 Å². The Bertz CT molecular complexity index is 320. The predicted octanol–water partition coefficient (Wildman–Crippen LogP) is 2.39. The second-order valence-electron chi connectivity index (χ2n) is 3.92. The van der Waals surface area contributed by atoms with Gasteiger partial charge in [-0.1, -0.05) is 23.7 Å². The Labute approximate surface area is 108 Å². The molecular formula is C13H20ClNO2. The lowest BCUT2D eigenvalue weighted by Gasteiger charge is -2.14. The van der Waals surface area contributed by atoms with E-state index in [9.17, 15) is 0 Å². The summed E-state index contributed by atoms with van der Waals surface area (Å²) in [5, 5.41) is 12.7. The molecule has 96 valence electrons. The van der Waals surface area contributed by atoms with Gasteiger partial charge in [0.15, 0.2) is 0 Å². The maximum absolute atomic E-state index is 8.53. The number of aliphatic hydroxyl groups is 1. The molecule has 1 unspecified atom stereocenters. The summed E-state index contributed by atoms with van der Waals surface area (Å²) in [6, 6.07) is 8.15. The van der Waals surface area contributed by atoms with Crippen molar-refractivity contribution < 1.29 is 9.84 Å². The molecule has 0 aliphatic rings. The molecule has 0 saturated heterocycles. The highest BCUT2D eigenvalue weighted by molar-refractivity contribution is 6.30. The van der Waals surface area contributed by atoms with E-state index in [4.69, 9.17) is 21.4 Å². The molecule has 0 bridgehead atoms. The summed E-state index contributed by atoms with van der Waals surface area (Å²) in [6.07, 6.45) is 0.935. The van der Waals surface area contributed by atoms with Gasteiger partial charge in [0, 0.05) is 17.7 Å². The zero-order valence-corrected chi connectivity index (χ0v) is 10.9. The Kier molecular flexibility index (Phi) is 7.21. The largest absolute Gasteiger partial charge is 0.394 e. The van der Waals surface area contributed by atoms with Gasteiger partial charge >= 0.3 is 0 Å². The fraction of sp³-hybridized carbons (Fsp3) is 0.538. The minimum Gasteiger partial charge on any atom is -0.394 e. The number of aliphatic hydroxyl groups excluding tert-OH is 1. The van der Waals surface area contributed by atoms with Crippen LogP contribution in [0.15, 0.2) is 24.3 Å². The number of rotatable bonds is 8. The second kappa shape index (κ2) is 8.48. The van der Waals surface area contributed by atoms with E-state index in [1.807, 2.05) is 18.2 Å². The van der Waals surface area contributed by atoms with E-state index in [1.165, 1.54) is 5.56 Å². The summed E-state index contributed by atoms with van der Waals surface area (Å²) < 4.78 is 5.18. The summed E-state index contributed by atoms with van der Waals surface area (Å²) in [7, 11) is 0. The van der Waals surface area contributed by atoms with E-state index in [0.717, 1.165) is 18.0 Å². The van der Waals surface area contributed by atoms with Crippen molar-refractivity contribution in [1.29, 1.82) is 0 Å². The lowest BCUT2D eigenvalue weighted by atomic mass is 10.1. The molecule has 3 nitrogen and oxygen atoms in total. The maximum atomic E-state index is 8.53. The third-order valence-corrected chi connectivity index (χ3v) is 2.74. The molecule has 0 aliphatic carbocycles. The van der Waals surface area contributed by atoms with E-state index in [2.05, 4.69) is 18.3 Å². The second-order valence-corrected chi connectivity index (χ2v) is 4.36. The van der Waals surface area contributed by atoms with Crippen LogP contribution in [0.1, 0.15) is 24.9 Å². The highest BCUT2D eigenvalue weighted by Gasteiger charge is 2.04. The summed E-state index contributed by atoms with van der Waals surface area (Å²) in [6.45, 7) is 4.19. The number of ether oxygens (including phenoxy) is 1. The maximum Gasteiger partial charge on any atom is 0.0697 e. The molecule has 0 fully saturated rings. The van der Waals surface area contributed by atoms with Crippen LogP contribution in [-0.2, 0) is 4.74 Å². The van der Waals surface area contributed by atoms with Crippen LogP contribution in [0.5, 0.6) is 0 Å². The Hall–Kier alpha value is -0.610. The first-order valence-corrected chi connectivity index (χ1v) is 6.29. The van der Waals surface area contributed by atoms with Crippen LogP contribution in [0.4, 0.5) is 0 Å². The molecule has 2 N–H and O–H groups in total. The molecule has 0 heterocycles. The minimum atomic E-state index is 0.0896. The van der Waals surface area contributed by atoms with Crippen molar-refractivity contribution in [3.63, 3.8) is 0 Å². The van der Waals surface area contributed by atoms with Crippen LogP contribution in [0.3, 0.4) is 0 Å². The molecule has 0 aliphatic heterocycles. The van der Waals surface area contributed by atoms with E-state index in [-0.39, 0.29) is 12.6 Å². The third kappa shape index (κ3) is 6.03. The Balaban J connectivity index is 2.19. The van der Waals surface area contributed by atoms with Crippen molar-refractivity contribution in [1.82, 2.24) is 5.32 Å². The highest BCUT2D eigenvalue weighted by atomic mass is 35.5. The van der Waals surface area contributed by atoms with Gasteiger partial charge in [-0.2, -0.15) is 0 Å². The fourth-order valence-corrected chi connectivity index (χ4v) is 1.75. The molecule has 0 saturated carbocycles. The molecule has 0 spiro atoms. The normalized spacial score (nSPS) is 12.6. The lowest BCUT2D eigenvalue weighted by Crippen LogP contribution is -2.21. The van der Waals surface area contributed by atoms with Gasteiger partial charge in [-0.15, -0.1) is 0 Å². The molecule has 0 radical (unpaired) electrons. The van der Waals surface area contributed by atoms with Gasteiger partial charge in [-0.25, -0.2) is 0 Å². The van der Waals surface area contributed by atoms with E-state index < -0.39 is 0 Å². The summed E-state index contributed by atoms with van der Waals surface area (Å²) >= 11 is 5.94. The van der Waals surface area contributed by atoms with Gasteiger partial charge in [-0.3, -0.25) is 0 Å². The number of hydrogen-bond acceptors (Lipinski definition) is 3. The molecular weight excluding hydrogens is 238 g/mol. The van der Waals surface area contributed by atoms with Crippen molar-refractivity contribution in [2.24, 2.45) is 0 Å². The number of nitrogens with one attached hydrogen (secondary N) is 1. The molecule has 1 aromatic rings.